The van der Waals surface area contributed by atoms with Gasteiger partial charge in [-0.3, -0.25) is 0 Å². The highest BCUT2D eigenvalue weighted by atomic mass is 16.5. The van der Waals surface area contributed by atoms with E-state index < -0.39 is 0 Å². The van der Waals surface area contributed by atoms with Gasteiger partial charge in [-0.25, -0.2) is 0 Å². The van der Waals surface area contributed by atoms with Crippen LogP contribution in [0.25, 0.3) is 0 Å². The summed E-state index contributed by atoms with van der Waals surface area (Å²) in [5.74, 6) is 1.48. The monoisotopic (exact) mass is 253 g/mol. The highest BCUT2D eigenvalue weighted by Gasteiger charge is 2.08. The van der Waals surface area contributed by atoms with Gasteiger partial charge in [-0.15, -0.1) is 0 Å². The van der Waals surface area contributed by atoms with Crippen molar-refractivity contribution in [3.63, 3.8) is 0 Å². The number of ether oxygens (including phenoxy) is 2. The second-order valence-corrected chi connectivity index (χ2v) is 4.38. The molecule has 0 spiro atoms. The molecule has 18 heavy (non-hydrogen) atoms. The van der Waals surface area contributed by atoms with Crippen LogP contribution in [0.2, 0.25) is 0 Å². The Bertz CT molecular complexity index is 371. The van der Waals surface area contributed by atoms with Crippen molar-refractivity contribution in [2.75, 3.05) is 34.4 Å². The molecule has 0 fully saturated rings. The van der Waals surface area contributed by atoms with Crippen LogP contribution in [0.5, 0.6) is 11.5 Å². The Hall–Kier alpha value is -1.30. The van der Waals surface area contributed by atoms with Crippen molar-refractivity contribution in [2.45, 2.75) is 12.6 Å². The van der Waals surface area contributed by atoms with Crippen molar-refractivity contribution in [2.24, 2.45) is 11.5 Å². The first-order chi connectivity index (χ1) is 8.60. The predicted octanol–water partition coefficient (Wildman–Crippen LogP) is 0.422. The first-order valence-corrected chi connectivity index (χ1v) is 5.95. The van der Waals surface area contributed by atoms with Crippen LogP contribution >= 0.6 is 0 Å². The lowest BCUT2D eigenvalue weighted by molar-refractivity contribution is 0.303. The summed E-state index contributed by atoms with van der Waals surface area (Å²) in [6.45, 7) is 2.06. The first kappa shape index (κ1) is 14.8. The van der Waals surface area contributed by atoms with E-state index in [9.17, 15) is 0 Å². The van der Waals surface area contributed by atoms with E-state index in [0.29, 0.717) is 6.54 Å². The third kappa shape index (κ3) is 4.18. The van der Waals surface area contributed by atoms with Gasteiger partial charge in [0.05, 0.1) is 14.2 Å². The molecule has 0 radical (unpaired) electrons. The topological polar surface area (TPSA) is 73.7 Å². The van der Waals surface area contributed by atoms with Crippen molar-refractivity contribution in [3.05, 3.63) is 23.8 Å². The maximum absolute atomic E-state index is 5.82. The SMILES string of the molecule is COc1ccc(CN(C)CC(N)CN)cc1OC. The van der Waals surface area contributed by atoms with Crippen molar-refractivity contribution < 1.29 is 9.47 Å². The molecule has 0 aliphatic rings. The third-order valence-electron chi connectivity index (χ3n) is 2.75. The molecular weight excluding hydrogens is 230 g/mol. The van der Waals surface area contributed by atoms with Crippen LogP contribution in [0.3, 0.4) is 0 Å². The molecule has 4 N–H and O–H groups in total. The minimum Gasteiger partial charge on any atom is -0.493 e. The summed E-state index contributed by atoms with van der Waals surface area (Å²) < 4.78 is 10.5. The molecule has 1 aromatic rings. The van der Waals surface area contributed by atoms with Crippen LogP contribution in [0.4, 0.5) is 0 Å². The molecule has 5 heteroatoms. The third-order valence-corrected chi connectivity index (χ3v) is 2.75. The predicted molar refractivity (Wildman–Crippen MR) is 72.9 cm³/mol. The molecule has 1 aromatic carbocycles. The van der Waals surface area contributed by atoms with E-state index in [1.54, 1.807) is 14.2 Å². The number of nitrogens with two attached hydrogens (primary N) is 2. The Labute approximate surface area is 109 Å². The number of benzene rings is 1. The van der Waals surface area contributed by atoms with Crippen LogP contribution in [-0.2, 0) is 6.54 Å². The quantitative estimate of drug-likeness (QED) is 0.737. The number of likely N-dealkylation sites (N-methyl/N-ethyl adjacent to an activating group) is 1. The highest BCUT2D eigenvalue weighted by molar-refractivity contribution is 5.42. The lowest BCUT2D eigenvalue weighted by Gasteiger charge is -2.20. The minimum atomic E-state index is 0.00939. The Balaban J connectivity index is 2.67. The van der Waals surface area contributed by atoms with E-state index in [1.165, 1.54) is 0 Å². The lowest BCUT2D eigenvalue weighted by Crippen LogP contribution is -2.40. The summed E-state index contributed by atoms with van der Waals surface area (Å²) in [5.41, 5.74) is 12.5. The smallest absolute Gasteiger partial charge is 0.161 e. The van der Waals surface area contributed by atoms with Crippen LogP contribution < -0.4 is 20.9 Å². The van der Waals surface area contributed by atoms with Crippen molar-refractivity contribution in [1.82, 2.24) is 4.90 Å². The molecule has 0 saturated heterocycles. The Morgan fingerprint density at radius 2 is 1.89 bits per heavy atom. The highest BCUT2D eigenvalue weighted by Crippen LogP contribution is 2.27. The van der Waals surface area contributed by atoms with Gasteiger partial charge in [0.15, 0.2) is 11.5 Å². The zero-order valence-corrected chi connectivity index (χ0v) is 11.3. The van der Waals surface area contributed by atoms with E-state index in [2.05, 4.69) is 4.90 Å². The molecule has 0 heterocycles. The van der Waals surface area contributed by atoms with E-state index in [0.717, 1.165) is 30.2 Å². The first-order valence-electron chi connectivity index (χ1n) is 5.95. The van der Waals surface area contributed by atoms with E-state index in [4.69, 9.17) is 20.9 Å². The van der Waals surface area contributed by atoms with Gasteiger partial charge < -0.3 is 25.8 Å². The number of hydrogen-bond donors (Lipinski definition) is 2. The van der Waals surface area contributed by atoms with Crippen LogP contribution in [0, 0.1) is 0 Å². The Morgan fingerprint density at radius 3 is 2.44 bits per heavy atom. The molecule has 0 saturated carbocycles. The maximum Gasteiger partial charge on any atom is 0.161 e. The molecule has 1 atom stereocenters. The largest absolute Gasteiger partial charge is 0.493 e. The summed E-state index contributed by atoms with van der Waals surface area (Å²) in [5, 5.41) is 0. The summed E-state index contributed by atoms with van der Waals surface area (Å²) >= 11 is 0. The van der Waals surface area contributed by atoms with Crippen molar-refractivity contribution >= 4 is 0 Å². The summed E-state index contributed by atoms with van der Waals surface area (Å²) in [7, 11) is 5.28. The van der Waals surface area contributed by atoms with Crippen molar-refractivity contribution in [3.8, 4) is 11.5 Å². The summed E-state index contributed by atoms with van der Waals surface area (Å²) in [6, 6.07) is 5.91. The standard InChI is InChI=1S/C13H23N3O2/c1-16(9-11(15)7-14)8-10-4-5-12(17-2)13(6-10)18-3/h4-6,11H,7-9,14-15H2,1-3H3. The van der Waals surface area contributed by atoms with E-state index in [-0.39, 0.29) is 6.04 Å². The molecule has 5 nitrogen and oxygen atoms in total. The second-order valence-electron chi connectivity index (χ2n) is 4.38. The van der Waals surface area contributed by atoms with Crippen LogP contribution in [0.1, 0.15) is 5.56 Å². The summed E-state index contributed by atoms with van der Waals surface area (Å²) in [4.78, 5) is 2.14. The minimum absolute atomic E-state index is 0.00939. The Kier molecular flexibility index (Phi) is 5.91. The molecule has 0 aromatic heterocycles. The van der Waals surface area contributed by atoms with Gasteiger partial charge in [0, 0.05) is 25.7 Å². The van der Waals surface area contributed by atoms with Crippen LogP contribution in [-0.4, -0.2) is 45.3 Å². The zero-order chi connectivity index (χ0) is 13.5. The lowest BCUT2D eigenvalue weighted by atomic mass is 10.2. The normalized spacial score (nSPS) is 12.6. The van der Waals surface area contributed by atoms with Crippen molar-refractivity contribution in [1.29, 1.82) is 0 Å². The average Bonchev–Trinajstić information content (AvgIpc) is 2.38. The van der Waals surface area contributed by atoms with Gasteiger partial charge in [-0.2, -0.15) is 0 Å². The number of hydrogen-bond acceptors (Lipinski definition) is 5. The molecule has 0 amide bonds. The number of rotatable bonds is 7. The van der Waals surface area contributed by atoms with Gasteiger partial charge in [0.25, 0.3) is 0 Å². The van der Waals surface area contributed by atoms with Gasteiger partial charge in [0.2, 0.25) is 0 Å². The molecule has 0 bridgehead atoms. The molecular formula is C13H23N3O2. The fourth-order valence-corrected chi connectivity index (χ4v) is 1.83. The second kappa shape index (κ2) is 7.20. The molecule has 0 aliphatic carbocycles. The number of methoxy groups -OCH3 is 2. The van der Waals surface area contributed by atoms with E-state index in [1.807, 2.05) is 25.2 Å². The molecule has 0 aliphatic heterocycles. The van der Waals surface area contributed by atoms with Gasteiger partial charge in [-0.1, -0.05) is 6.07 Å². The Morgan fingerprint density at radius 1 is 1.22 bits per heavy atom. The number of nitrogens with zero attached hydrogens (tertiary/aromatic N) is 1. The van der Waals surface area contributed by atoms with Gasteiger partial charge in [0.1, 0.15) is 0 Å². The average molecular weight is 253 g/mol. The van der Waals surface area contributed by atoms with Gasteiger partial charge >= 0.3 is 0 Å². The fraction of sp³-hybridized carbons (Fsp3) is 0.538. The van der Waals surface area contributed by atoms with E-state index >= 15 is 0 Å². The fourth-order valence-electron chi connectivity index (χ4n) is 1.83. The zero-order valence-electron chi connectivity index (χ0n) is 11.3. The molecule has 1 rings (SSSR count). The molecule has 102 valence electrons. The molecule has 1 unspecified atom stereocenters. The van der Waals surface area contributed by atoms with Crippen LogP contribution in [0.15, 0.2) is 18.2 Å². The van der Waals surface area contributed by atoms with Gasteiger partial charge in [-0.05, 0) is 24.7 Å². The maximum atomic E-state index is 5.82. The summed E-state index contributed by atoms with van der Waals surface area (Å²) in [6.07, 6.45) is 0.